The number of ether oxygens (including phenoxy) is 2. The van der Waals surface area contributed by atoms with Crippen LogP contribution in [0.4, 0.5) is 18.9 Å². The highest BCUT2D eigenvalue weighted by Gasteiger charge is 2.38. The fourth-order valence-corrected chi connectivity index (χ4v) is 3.69. The third-order valence-electron chi connectivity index (χ3n) is 5.35. The Morgan fingerprint density at radius 1 is 1.16 bits per heavy atom. The van der Waals surface area contributed by atoms with Gasteiger partial charge in [-0.15, -0.1) is 0 Å². The predicted molar refractivity (Wildman–Crippen MR) is 116 cm³/mol. The number of nitrogens with one attached hydrogen (secondary N) is 1. The van der Waals surface area contributed by atoms with Gasteiger partial charge in [-0.1, -0.05) is 19.1 Å². The van der Waals surface area contributed by atoms with Crippen LogP contribution in [0.5, 0.6) is 11.5 Å². The first-order valence-corrected chi connectivity index (χ1v) is 10.3. The zero-order valence-electron chi connectivity index (χ0n) is 18.2. The number of halogens is 3. The summed E-state index contributed by atoms with van der Waals surface area (Å²) in [6, 6.07) is 12.0. The van der Waals surface area contributed by atoms with Crippen LogP contribution in [-0.2, 0) is 11.3 Å². The number of carbonyl (C=O) groups excluding carboxylic acids is 1. The van der Waals surface area contributed by atoms with Crippen LogP contribution in [0.1, 0.15) is 30.9 Å². The number of alkyl halides is 3. The second-order valence-electron chi connectivity index (χ2n) is 7.49. The molecular formula is C23H26F3N3O3. The van der Waals surface area contributed by atoms with Crippen molar-refractivity contribution < 1.29 is 27.4 Å². The minimum atomic E-state index is -4.93. The van der Waals surface area contributed by atoms with Crippen LogP contribution in [0.2, 0.25) is 0 Å². The molecule has 1 N–H and O–H groups in total. The number of hydrogen-bond donors (Lipinski definition) is 1. The normalized spacial score (nSPS) is 16.4. The number of nitrogens with zero attached hydrogens (tertiary/aromatic N) is 2. The van der Waals surface area contributed by atoms with Gasteiger partial charge in [-0.2, -0.15) is 18.3 Å². The fraction of sp³-hybridized carbons (Fsp3) is 0.391. The molecule has 0 aromatic heterocycles. The van der Waals surface area contributed by atoms with Crippen molar-refractivity contribution in [2.75, 3.05) is 26.1 Å². The van der Waals surface area contributed by atoms with Crippen molar-refractivity contribution in [3.05, 3.63) is 53.6 Å². The topological polar surface area (TPSA) is 63.2 Å². The average Bonchev–Trinajstić information content (AvgIpc) is 2.78. The summed E-state index contributed by atoms with van der Waals surface area (Å²) >= 11 is 0. The quantitative estimate of drug-likeness (QED) is 0.657. The molecular weight excluding hydrogens is 423 g/mol. The molecule has 0 aliphatic carbocycles. The maximum Gasteiger partial charge on any atom is 0.471 e. The van der Waals surface area contributed by atoms with E-state index in [0.717, 1.165) is 29.7 Å². The minimum absolute atomic E-state index is 0.0948. The van der Waals surface area contributed by atoms with E-state index in [4.69, 9.17) is 14.6 Å². The van der Waals surface area contributed by atoms with E-state index in [1.54, 1.807) is 26.4 Å². The van der Waals surface area contributed by atoms with Crippen LogP contribution in [0.25, 0.3) is 0 Å². The van der Waals surface area contributed by atoms with Gasteiger partial charge in [0.25, 0.3) is 0 Å². The van der Waals surface area contributed by atoms with Gasteiger partial charge in [0, 0.05) is 23.7 Å². The van der Waals surface area contributed by atoms with Gasteiger partial charge in [0.1, 0.15) is 0 Å². The number of hydrazone groups is 1. The molecule has 0 bridgehead atoms. The Morgan fingerprint density at radius 2 is 1.91 bits per heavy atom. The fourth-order valence-electron chi connectivity index (χ4n) is 3.69. The molecule has 1 heterocycles. The lowest BCUT2D eigenvalue weighted by Gasteiger charge is -2.31. The van der Waals surface area contributed by atoms with Crippen LogP contribution >= 0.6 is 0 Å². The monoisotopic (exact) mass is 449 g/mol. The maximum absolute atomic E-state index is 12.5. The number of amides is 1. The van der Waals surface area contributed by atoms with Crippen molar-refractivity contribution in [2.24, 2.45) is 11.0 Å². The molecule has 1 aliphatic rings. The number of anilines is 1. The van der Waals surface area contributed by atoms with E-state index < -0.39 is 12.1 Å². The molecule has 6 nitrogen and oxygen atoms in total. The van der Waals surface area contributed by atoms with Gasteiger partial charge in [-0.3, -0.25) is 9.80 Å². The Balaban J connectivity index is 1.82. The zero-order valence-corrected chi connectivity index (χ0v) is 18.2. The molecule has 0 saturated heterocycles. The molecule has 0 spiro atoms. The Bertz CT molecular complexity index is 992. The molecule has 0 fully saturated rings. The van der Waals surface area contributed by atoms with Crippen molar-refractivity contribution >= 4 is 17.3 Å². The second-order valence-corrected chi connectivity index (χ2v) is 7.49. The maximum atomic E-state index is 12.5. The van der Waals surface area contributed by atoms with Gasteiger partial charge in [0.2, 0.25) is 0 Å². The van der Waals surface area contributed by atoms with Crippen LogP contribution in [-0.4, -0.2) is 43.6 Å². The molecule has 172 valence electrons. The minimum Gasteiger partial charge on any atom is -0.493 e. The molecule has 3 rings (SSSR count). The lowest BCUT2D eigenvalue weighted by molar-refractivity contribution is -0.167. The van der Waals surface area contributed by atoms with Gasteiger partial charge in [-0.05, 0) is 48.7 Å². The molecule has 2 aromatic rings. The lowest BCUT2D eigenvalue weighted by Crippen LogP contribution is -2.32. The van der Waals surface area contributed by atoms with Gasteiger partial charge in [-0.25, -0.2) is 0 Å². The highest BCUT2D eigenvalue weighted by atomic mass is 19.4. The number of methoxy groups -OCH3 is 2. The van der Waals surface area contributed by atoms with Crippen molar-refractivity contribution in [1.29, 1.82) is 0 Å². The standard InChI is InChI=1S/C23H26F3N3O3/c1-4-16-10-11-29(28-21(16)17-8-9-19(31-2)20(13-17)32-3)14-15-6-5-7-18(12-15)27-22(30)23(24,25)26/h5-9,12-13,16H,4,10-11,14H2,1-3H3,(H,27,30). The first kappa shape index (κ1) is 23.4. The molecule has 0 saturated carbocycles. The summed E-state index contributed by atoms with van der Waals surface area (Å²) in [5.74, 6) is -0.461. The smallest absolute Gasteiger partial charge is 0.471 e. The molecule has 1 atom stereocenters. The molecule has 1 amide bonds. The summed E-state index contributed by atoms with van der Waals surface area (Å²) in [5.41, 5.74) is 2.71. The Labute approximate surface area is 185 Å². The highest BCUT2D eigenvalue weighted by molar-refractivity contribution is 6.03. The number of rotatable bonds is 7. The van der Waals surface area contributed by atoms with Crippen LogP contribution in [0.3, 0.4) is 0 Å². The number of hydrogen-bond acceptors (Lipinski definition) is 5. The van der Waals surface area contributed by atoms with E-state index in [0.29, 0.717) is 24.6 Å². The first-order chi connectivity index (χ1) is 15.2. The van der Waals surface area contributed by atoms with E-state index in [1.807, 2.05) is 28.5 Å². The molecule has 32 heavy (non-hydrogen) atoms. The largest absolute Gasteiger partial charge is 0.493 e. The van der Waals surface area contributed by atoms with Crippen molar-refractivity contribution in [2.45, 2.75) is 32.5 Å². The molecule has 1 aliphatic heterocycles. The molecule has 9 heteroatoms. The van der Waals surface area contributed by atoms with Gasteiger partial charge >= 0.3 is 12.1 Å². The molecule has 2 aromatic carbocycles. The number of benzene rings is 2. The average molecular weight is 449 g/mol. The number of carbonyl (C=O) groups is 1. The summed E-state index contributed by atoms with van der Waals surface area (Å²) in [4.78, 5) is 11.2. The van der Waals surface area contributed by atoms with Crippen molar-refractivity contribution in [3.63, 3.8) is 0 Å². The van der Waals surface area contributed by atoms with Gasteiger partial charge < -0.3 is 14.8 Å². The van der Waals surface area contributed by atoms with Crippen LogP contribution in [0.15, 0.2) is 47.6 Å². The highest BCUT2D eigenvalue weighted by Crippen LogP contribution is 2.31. The van der Waals surface area contributed by atoms with Gasteiger partial charge in [0.05, 0.1) is 26.5 Å². The summed E-state index contributed by atoms with van der Waals surface area (Å²) in [6.45, 7) is 3.24. The van der Waals surface area contributed by atoms with E-state index in [1.165, 1.54) is 12.1 Å². The predicted octanol–water partition coefficient (Wildman–Crippen LogP) is 4.84. The second kappa shape index (κ2) is 9.93. The summed E-state index contributed by atoms with van der Waals surface area (Å²) in [7, 11) is 3.16. The SMILES string of the molecule is CCC1CCN(Cc2cccc(NC(=O)C(F)(F)F)c2)N=C1c1ccc(OC)c(OC)c1. The van der Waals surface area contributed by atoms with Crippen LogP contribution in [0, 0.1) is 5.92 Å². The first-order valence-electron chi connectivity index (χ1n) is 10.3. The molecule has 1 unspecified atom stereocenters. The Hall–Kier alpha value is -3.23. The van der Waals surface area contributed by atoms with E-state index in [-0.39, 0.29) is 11.6 Å². The van der Waals surface area contributed by atoms with E-state index >= 15 is 0 Å². The van der Waals surface area contributed by atoms with Crippen molar-refractivity contribution in [1.82, 2.24) is 5.01 Å². The lowest BCUT2D eigenvalue weighted by atomic mass is 9.90. The van der Waals surface area contributed by atoms with Crippen molar-refractivity contribution in [3.8, 4) is 11.5 Å². The third kappa shape index (κ3) is 5.52. The summed E-state index contributed by atoms with van der Waals surface area (Å²) < 4.78 is 48.3. The van der Waals surface area contributed by atoms with E-state index in [2.05, 4.69) is 6.92 Å². The third-order valence-corrected chi connectivity index (χ3v) is 5.35. The molecule has 0 radical (unpaired) electrons. The Morgan fingerprint density at radius 3 is 2.56 bits per heavy atom. The summed E-state index contributed by atoms with van der Waals surface area (Å²) in [5, 5.41) is 8.63. The Kier molecular flexibility index (Phi) is 7.27. The van der Waals surface area contributed by atoms with E-state index in [9.17, 15) is 18.0 Å². The summed E-state index contributed by atoms with van der Waals surface area (Å²) in [6.07, 6.45) is -3.11. The van der Waals surface area contributed by atoms with Crippen LogP contribution < -0.4 is 14.8 Å². The van der Waals surface area contributed by atoms with Gasteiger partial charge in [0.15, 0.2) is 11.5 Å². The zero-order chi connectivity index (χ0) is 23.3.